The van der Waals surface area contributed by atoms with Gasteiger partial charge in [-0.05, 0) is 32.5 Å². The molecule has 2 rings (SSSR count). The van der Waals surface area contributed by atoms with Crippen LogP contribution in [0.1, 0.15) is 13.3 Å². The highest BCUT2D eigenvalue weighted by molar-refractivity contribution is 7.89. The van der Waals surface area contributed by atoms with Crippen LogP contribution >= 0.6 is 0 Å². The second-order valence-corrected chi connectivity index (χ2v) is 6.76. The maximum atomic E-state index is 11.8. The zero-order valence-corrected chi connectivity index (χ0v) is 12.7. The van der Waals surface area contributed by atoms with Gasteiger partial charge in [-0.3, -0.25) is 10.1 Å². The molecule has 0 bridgehead atoms. The van der Waals surface area contributed by atoms with Crippen LogP contribution in [0.25, 0.3) is 0 Å². The number of benzene rings is 1. The SMILES string of the molecule is CNS(=O)(=O)c1ccc(N2CCC=C(C)C2)c([N+](=O)[O-])c1. The maximum Gasteiger partial charge on any atom is 0.293 e. The Balaban J connectivity index is 2.48. The average molecular weight is 311 g/mol. The van der Waals surface area contributed by atoms with Gasteiger partial charge in [-0.1, -0.05) is 11.6 Å². The molecule has 7 nitrogen and oxygen atoms in total. The van der Waals surface area contributed by atoms with Crippen LogP contribution in [0.4, 0.5) is 11.4 Å². The highest BCUT2D eigenvalue weighted by atomic mass is 32.2. The summed E-state index contributed by atoms with van der Waals surface area (Å²) in [5.74, 6) is 0. The van der Waals surface area contributed by atoms with Crippen molar-refractivity contribution in [3.8, 4) is 0 Å². The number of nitrogens with zero attached hydrogens (tertiary/aromatic N) is 2. The first-order valence-corrected chi connectivity index (χ1v) is 7.96. The van der Waals surface area contributed by atoms with Crippen molar-refractivity contribution in [3.05, 3.63) is 40.0 Å². The fourth-order valence-corrected chi connectivity index (χ4v) is 3.07. The Kier molecular flexibility index (Phi) is 4.29. The molecule has 1 N–H and O–H groups in total. The van der Waals surface area contributed by atoms with E-state index in [1.165, 1.54) is 19.2 Å². The molecule has 1 heterocycles. The van der Waals surface area contributed by atoms with E-state index in [1.807, 2.05) is 11.8 Å². The molecule has 0 atom stereocenters. The lowest BCUT2D eigenvalue weighted by atomic mass is 10.1. The summed E-state index contributed by atoms with van der Waals surface area (Å²) in [6.45, 7) is 3.26. The Morgan fingerprint density at radius 3 is 2.67 bits per heavy atom. The lowest BCUT2D eigenvalue weighted by Crippen LogP contribution is -2.29. The van der Waals surface area contributed by atoms with Crippen molar-refractivity contribution in [1.82, 2.24) is 4.72 Å². The van der Waals surface area contributed by atoms with Crippen molar-refractivity contribution >= 4 is 21.4 Å². The molecule has 8 heteroatoms. The summed E-state index contributed by atoms with van der Waals surface area (Å²) in [7, 11) is -2.43. The molecule has 1 aliphatic heterocycles. The van der Waals surface area contributed by atoms with Crippen LogP contribution in [-0.2, 0) is 10.0 Å². The standard InChI is InChI=1S/C13H17N3O4S/c1-10-4-3-7-15(9-10)12-6-5-11(21(19,20)14-2)8-13(12)16(17)18/h4-6,8,14H,3,7,9H2,1-2H3. The van der Waals surface area contributed by atoms with Gasteiger partial charge in [0.25, 0.3) is 5.69 Å². The number of rotatable bonds is 4. The van der Waals surface area contributed by atoms with Crippen molar-refractivity contribution in [3.63, 3.8) is 0 Å². The van der Waals surface area contributed by atoms with Gasteiger partial charge in [0.2, 0.25) is 10.0 Å². The number of nitrogens with one attached hydrogen (secondary N) is 1. The summed E-state index contributed by atoms with van der Waals surface area (Å²) < 4.78 is 25.7. The number of nitro groups is 1. The van der Waals surface area contributed by atoms with Crippen molar-refractivity contribution < 1.29 is 13.3 Å². The minimum absolute atomic E-state index is 0.107. The zero-order valence-electron chi connectivity index (χ0n) is 11.9. The number of hydrogen-bond acceptors (Lipinski definition) is 5. The van der Waals surface area contributed by atoms with E-state index in [-0.39, 0.29) is 10.6 Å². The second kappa shape index (κ2) is 5.82. The van der Waals surface area contributed by atoms with E-state index in [4.69, 9.17) is 0 Å². The fraction of sp³-hybridized carbons (Fsp3) is 0.385. The molecule has 0 fully saturated rings. The predicted molar refractivity (Wildman–Crippen MR) is 79.9 cm³/mol. The van der Waals surface area contributed by atoms with Crippen LogP contribution in [0.3, 0.4) is 0 Å². The van der Waals surface area contributed by atoms with Crippen LogP contribution in [0, 0.1) is 10.1 Å². The molecule has 0 spiro atoms. The molecule has 1 aromatic rings. The molecule has 0 amide bonds. The third-order valence-corrected chi connectivity index (χ3v) is 4.81. The summed E-state index contributed by atoms with van der Waals surface area (Å²) in [4.78, 5) is 12.5. The third-order valence-electron chi connectivity index (χ3n) is 3.40. The highest BCUT2D eigenvalue weighted by Gasteiger charge is 2.24. The number of sulfonamides is 1. The van der Waals surface area contributed by atoms with Gasteiger partial charge in [0.1, 0.15) is 5.69 Å². The smallest absolute Gasteiger partial charge is 0.293 e. The third kappa shape index (κ3) is 3.22. The minimum Gasteiger partial charge on any atom is -0.362 e. The Morgan fingerprint density at radius 2 is 2.10 bits per heavy atom. The first-order valence-electron chi connectivity index (χ1n) is 6.47. The van der Waals surface area contributed by atoms with Gasteiger partial charge in [0, 0.05) is 19.2 Å². The van der Waals surface area contributed by atoms with Crippen molar-refractivity contribution in [2.24, 2.45) is 0 Å². The second-order valence-electron chi connectivity index (χ2n) is 4.88. The summed E-state index contributed by atoms with van der Waals surface area (Å²) in [5.41, 5.74) is 1.39. The molecule has 0 saturated carbocycles. The van der Waals surface area contributed by atoms with Crippen molar-refractivity contribution in [2.45, 2.75) is 18.2 Å². The topological polar surface area (TPSA) is 92.6 Å². The van der Waals surface area contributed by atoms with Crippen molar-refractivity contribution in [1.29, 1.82) is 0 Å². The molecular formula is C13H17N3O4S. The van der Waals surface area contributed by atoms with E-state index in [0.29, 0.717) is 18.8 Å². The number of anilines is 1. The summed E-state index contributed by atoms with van der Waals surface area (Å²) in [5, 5.41) is 11.3. The number of hydrogen-bond donors (Lipinski definition) is 1. The van der Waals surface area contributed by atoms with E-state index >= 15 is 0 Å². The lowest BCUT2D eigenvalue weighted by Gasteiger charge is -2.28. The molecule has 0 aromatic heterocycles. The van der Waals surface area contributed by atoms with Crippen LogP contribution in [0.5, 0.6) is 0 Å². The largest absolute Gasteiger partial charge is 0.362 e. The van der Waals surface area contributed by atoms with E-state index in [2.05, 4.69) is 10.8 Å². The summed E-state index contributed by atoms with van der Waals surface area (Å²) >= 11 is 0. The van der Waals surface area contributed by atoms with Gasteiger partial charge in [-0.25, -0.2) is 13.1 Å². The van der Waals surface area contributed by atoms with Crippen LogP contribution in [-0.4, -0.2) is 33.5 Å². The van der Waals surface area contributed by atoms with Crippen molar-refractivity contribution in [2.75, 3.05) is 25.0 Å². The van der Waals surface area contributed by atoms with E-state index in [0.717, 1.165) is 18.1 Å². The highest BCUT2D eigenvalue weighted by Crippen LogP contribution is 2.32. The molecule has 0 saturated heterocycles. The van der Waals surface area contributed by atoms with Gasteiger partial charge in [0.05, 0.1) is 9.82 Å². The molecule has 1 aliphatic rings. The fourth-order valence-electron chi connectivity index (χ4n) is 2.32. The minimum atomic E-state index is -3.70. The van der Waals surface area contributed by atoms with Crippen LogP contribution in [0.2, 0.25) is 0 Å². The van der Waals surface area contributed by atoms with Gasteiger partial charge in [-0.15, -0.1) is 0 Å². The Morgan fingerprint density at radius 1 is 1.38 bits per heavy atom. The molecular weight excluding hydrogens is 294 g/mol. The van der Waals surface area contributed by atoms with E-state index in [9.17, 15) is 18.5 Å². The van der Waals surface area contributed by atoms with Crippen LogP contribution in [0.15, 0.2) is 34.7 Å². The quantitative estimate of drug-likeness (QED) is 0.518. The molecule has 0 radical (unpaired) electrons. The monoisotopic (exact) mass is 311 g/mol. The molecule has 114 valence electrons. The van der Waals surface area contributed by atoms with E-state index < -0.39 is 14.9 Å². The Bertz CT molecular complexity index is 697. The first-order chi connectivity index (χ1) is 9.85. The average Bonchev–Trinajstić information content (AvgIpc) is 2.46. The first kappa shape index (κ1) is 15.5. The Hall–Kier alpha value is -1.93. The summed E-state index contributed by atoms with van der Waals surface area (Å²) in [6, 6.07) is 4.00. The van der Waals surface area contributed by atoms with Gasteiger partial charge >= 0.3 is 0 Å². The molecule has 0 unspecified atom stereocenters. The maximum absolute atomic E-state index is 11.8. The van der Waals surface area contributed by atoms with Gasteiger partial charge < -0.3 is 4.90 Å². The van der Waals surface area contributed by atoms with E-state index in [1.54, 1.807) is 0 Å². The van der Waals surface area contributed by atoms with Gasteiger partial charge in [0.15, 0.2) is 0 Å². The van der Waals surface area contributed by atoms with Crippen LogP contribution < -0.4 is 9.62 Å². The lowest BCUT2D eigenvalue weighted by molar-refractivity contribution is -0.384. The Labute approximate surface area is 123 Å². The zero-order chi connectivity index (χ0) is 15.6. The number of nitro benzene ring substituents is 1. The molecule has 0 aliphatic carbocycles. The molecule has 1 aromatic carbocycles. The molecule has 21 heavy (non-hydrogen) atoms. The summed E-state index contributed by atoms with van der Waals surface area (Å²) in [6.07, 6.45) is 2.92. The predicted octanol–water partition coefficient (Wildman–Crippen LogP) is 1.66. The normalized spacial score (nSPS) is 15.7. The van der Waals surface area contributed by atoms with Gasteiger partial charge in [-0.2, -0.15) is 0 Å².